The van der Waals surface area contributed by atoms with Gasteiger partial charge < -0.3 is 14.2 Å². The molecule has 0 saturated heterocycles. The van der Waals surface area contributed by atoms with Crippen molar-refractivity contribution in [1.29, 1.82) is 0 Å². The van der Waals surface area contributed by atoms with Gasteiger partial charge in [0.05, 0.1) is 25.1 Å². The lowest BCUT2D eigenvalue weighted by Gasteiger charge is -2.15. The normalized spacial score (nSPS) is 10.9. The Morgan fingerprint density at radius 2 is 1.71 bits per heavy atom. The second-order valence-corrected chi connectivity index (χ2v) is 7.96. The highest BCUT2D eigenvalue weighted by Gasteiger charge is 2.16. The fourth-order valence-corrected chi connectivity index (χ4v) is 4.07. The molecule has 0 atom stereocenters. The summed E-state index contributed by atoms with van der Waals surface area (Å²) in [5, 5.41) is 15.5. The Balaban J connectivity index is 1.53. The molecule has 5 rings (SSSR count). The molecule has 0 bridgehead atoms. The summed E-state index contributed by atoms with van der Waals surface area (Å²) in [6, 6.07) is 22.0. The summed E-state index contributed by atoms with van der Waals surface area (Å²) in [5.74, 6) is 2.57. The van der Waals surface area contributed by atoms with Crippen molar-refractivity contribution < 1.29 is 14.2 Å². The molecule has 0 aliphatic carbocycles. The van der Waals surface area contributed by atoms with Crippen molar-refractivity contribution in [2.75, 3.05) is 14.2 Å². The number of rotatable bonds is 8. The van der Waals surface area contributed by atoms with Gasteiger partial charge in [0.15, 0.2) is 0 Å². The second-order valence-electron chi connectivity index (χ2n) is 7.96. The lowest BCUT2D eigenvalue weighted by molar-refractivity contribution is 0.308. The maximum absolute atomic E-state index is 6.36. The van der Waals surface area contributed by atoms with Gasteiger partial charge in [0.25, 0.3) is 0 Å². The van der Waals surface area contributed by atoms with E-state index in [4.69, 9.17) is 19.2 Å². The van der Waals surface area contributed by atoms with Crippen molar-refractivity contribution in [3.63, 3.8) is 0 Å². The van der Waals surface area contributed by atoms with E-state index in [2.05, 4.69) is 51.8 Å². The van der Waals surface area contributed by atoms with E-state index in [0.717, 1.165) is 45.3 Å². The molecule has 0 spiro atoms. The molecule has 0 amide bonds. The third-order valence-corrected chi connectivity index (χ3v) is 5.83. The number of benzene rings is 3. The van der Waals surface area contributed by atoms with Crippen molar-refractivity contribution in [2.24, 2.45) is 0 Å². The lowest BCUT2D eigenvalue weighted by atomic mass is 9.97. The third-order valence-electron chi connectivity index (χ3n) is 5.83. The number of hydrogen-bond donors (Lipinski definition) is 1. The van der Waals surface area contributed by atoms with Crippen LogP contribution in [0.5, 0.6) is 17.2 Å². The average molecular weight is 468 g/mol. The molecular weight excluding hydrogens is 442 g/mol. The van der Waals surface area contributed by atoms with Crippen LogP contribution < -0.4 is 14.2 Å². The number of aromatic nitrogens is 5. The number of fused-ring (bicyclic) bond motifs is 1. The Kier molecular flexibility index (Phi) is 6.26. The lowest BCUT2D eigenvalue weighted by Crippen LogP contribution is -2.01. The summed E-state index contributed by atoms with van der Waals surface area (Å²) in [6.45, 7) is 2.41. The maximum Gasteiger partial charge on any atom is 0.205 e. The maximum atomic E-state index is 6.36. The zero-order valence-corrected chi connectivity index (χ0v) is 19.8. The number of H-pyrrole nitrogens is 1. The van der Waals surface area contributed by atoms with E-state index in [1.165, 1.54) is 0 Å². The molecule has 2 aromatic heterocycles. The Bertz CT molecular complexity index is 1450. The van der Waals surface area contributed by atoms with E-state index >= 15 is 0 Å². The van der Waals surface area contributed by atoms with Gasteiger partial charge in [-0.2, -0.15) is 5.21 Å². The molecule has 0 fully saturated rings. The standard InChI is InChI=1S/C27H25N5O3/c1-4-19-13-25(26-23(28-19)14-20(33-2)15-24(26)34-3)35-16-17-10-11-21(18-8-6-5-7-9-18)22(12-17)27-29-31-32-30-27/h5-15H,4,16H2,1-3H3,(H,29,30,31,32). The first-order valence-corrected chi connectivity index (χ1v) is 11.3. The summed E-state index contributed by atoms with van der Waals surface area (Å²) >= 11 is 0. The first-order chi connectivity index (χ1) is 17.2. The number of nitrogens with one attached hydrogen (secondary N) is 1. The van der Waals surface area contributed by atoms with Crippen LogP contribution in [-0.4, -0.2) is 39.8 Å². The fourth-order valence-electron chi connectivity index (χ4n) is 4.07. The SMILES string of the molecule is CCc1cc(OCc2ccc(-c3ccccc3)c(-c3nn[nH]n3)c2)c2c(OC)cc(OC)cc2n1. The average Bonchev–Trinajstić information content (AvgIpc) is 3.46. The Morgan fingerprint density at radius 3 is 2.43 bits per heavy atom. The van der Waals surface area contributed by atoms with Crippen molar-refractivity contribution in [2.45, 2.75) is 20.0 Å². The molecule has 5 aromatic rings. The largest absolute Gasteiger partial charge is 0.497 e. The summed E-state index contributed by atoms with van der Waals surface area (Å²) in [4.78, 5) is 4.75. The molecule has 8 heteroatoms. The quantitative estimate of drug-likeness (QED) is 0.333. The third kappa shape index (κ3) is 4.50. The first kappa shape index (κ1) is 22.3. The highest BCUT2D eigenvalue weighted by Crippen LogP contribution is 2.38. The summed E-state index contributed by atoms with van der Waals surface area (Å²) in [7, 11) is 3.26. The minimum absolute atomic E-state index is 0.345. The predicted octanol–water partition coefficient (Wildman–Crippen LogP) is 5.24. The van der Waals surface area contributed by atoms with Crippen LogP contribution >= 0.6 is 0 Å². The van der Waals surface area contributed by atoms with Gasteiger partial charge >= 0.3 is 0 Å². The van der Waals surface area contributed by atoms with E-state index in [-0.39, 0.29) is 0 Å². The number of nitrogens with zero attached hydrogens (tertiary/aromatic N) is 4. The van der Waals surface area contributed by atoms with Crippen LogP contribution in [0.15, 0.2) is 66.7 Å². The van der Waals surface area contributed by atoms with Gasteiger partial charge in [0.1, 0.15) is 23.9 Å². The zero-order chi connectivity index (χ0) is 24.2. The second kappa shape index (κ2) is 9.80. The van der Waals surface area contributed by atoms with Crippen molar-refractivity contribution in [3.05, 3.63) is 78.0 Å². The minimum Gasteiger partial charge on any atom is -0.497 e. The molecule has 176 valence electrons. The van der Waals surface area contributed by atoms with E-state index in [1.807, 2.05) is 42.5 Å². The molecule has 35 heavy (non-hydrogen) atoms. The molecule has 0 aliphatic heterocycles. The molecule has 0 saturated carbocycles. The predicted molar refractivity (Wildman–Crippen MR) is 134 cm³/mol. The van der Waals surface area contributed by atoms with Gasteiger partial charge in [0, 0.05) is 29.5 Å². The molecule has 1 N–H and O–H groups in total. The Hall–Kier alpha value is -4.46. The number of pyridine rings is 1. The van der Waals surface area contributed by atoms with Crippen molar-refractivity contribution in [1.82, 2.24) is 25.6 Å². The highest BCUT2D eigenvalue weighted by atomic mass is 16.5. The molecule has 0 aliphatic rings. The minimum atomic E-state index is 0.345. The van der Waals surface area contributed by atoms with Crippen LogP contribution in [0.2, 0.25) is 0 Å². The number of hydrogen-bond acceptors (Lipinski definition) is 7. The topological polar surface area (TPSA) is 95.0 Å². The fraction of sp³-hybridized carbons (Fsp3) is 0.185. The molecule has 0 unspecified atom stereocenters. The number of tetrazole rings is 1. The van der Waals surface area contributed by atoms with Gasteiger partial charge in [0.2, 0.25) is 5.82 Å². The van der Waals surface area contributed by atoms with E-state index in [0.29, 0.717) is 29.7 Å². The van der Waals surface area contributed by atoms with E-state index < -0.39 is 0 Å². The van der Waals surface area contributed by atoms with E-state index in [9.17, 15) is 0 Å². The van der Waals surface area contributed by atoms with Crippen molar-refractivity contribution in [3.8, 4) is 39.8 Å². The summed E-state index contributed by atoms with van der Waals surface area (Å²) in [5.41, 5.74) is 5.64. The van der Waals surface area contributed by atoms with Crippen molar-refractivity contribution >= 4 is 10.9 Å². The van der Waals surface area contributed by atoms with E-state index in [1.54, 1.807) is 14.2 Å². The van der Waals surface area contributed by atoms with Crippen LogP contribution in [0.25, 0.3) is 33.4 Å². The van der Waals surface area contributed by atoms with Crippen LogP contribution in [0.3, 0.4) is 0 Å². The van der Waals surface area contributed by atoms with Crippen LogP contribution in [-0.2, 0) is 13.0 Å². The Labute approximate surface area is 202 Å². The molecular formula is C27H25N5O3. The molecule has 0 radical (unpaired) electrons. The van der Waals surface area contributed by atoms with Gasteiger partial charge in [-0.3, -0.25) is 4.98 Å². The van der Waals surface area contributed by atoms with Gasteiger partial charge in [-0.1, -0.05) is 49.4 Å². The Morgan fingerprint density at radius 1 is 0.857 bits per heavy atom. The van der Waals surface area contributed by atoms with Crippen LogP contribution in [0.4, 0.5) is 0 Å². The van der Waals surface area contributed by atoms with Crippen LogP contribution in [0, 0.1) is 0 Å². The smallest absolute Gasteiger partial charge is 0.205 e. The zero-order valence-electron chi connectivity index (χ0n) is 19.8. The van der Waals surface area contributed by atoms with Gasteiger partial charge in [-0.05, 0) is 34.4 Å². The first-order valence-electron chi connectivity index (χ1n) is 11.3. The highest BCUT2D eigenvalue weighted by molar-refractivity contribution is 5.92. The summed E-state index contributed by atoms with van der Waals surface area (Å²) in [6.07, 6.45) is 0.777. The number of methoxy groups -OCH3 is 2. The van der Waals surface area contributed by atoms with Crippen LogP contribution in [0.1, 0.15) is 18.2 Å². The number of aromatic amines is 1. The summed E-state index contributed by atoms with van der Waals surface area (Å²) < 4.78 is 17.4. The number of aryl methyl sites for hydroxylation is 1. The number of ether oxygens (including phenoxy) is 3. The monoisotopic (exact) mass is 467 g/mol. The molecule has 2 heterocycles. The van der Waals surface area contributed by atoms with Gasteiger partial charge in [-0.15, -0.1) is 10.2 Å². The molecule has 3 aromatic carbocycles. The van der Waals surface area contributed by atoms with Gasteiger partial charge in [-0.25, -0.2) is 0 Å². The molecule has 8 nitrogen and oxygen atoms in total.